The second-order valence-corrected chi connectivity index (χ2v) is 4.57. The Bertz CT molecular complexity index is 129. The van der Waals surface area contributed by atoms with Crippen LogP contribution < -0.4 is 0 Å². The second-order valence-electron chi connectivity index (χ2n) is 4.57. The standard InChI is InChI=1S/C9H18FN/c1-7-5-11(6-8(7)10)9(2,3)4/h7-8H,5-6H2,1-4H3/t7-,8-/m0/s1. The van der Waals surface area contributed by atoms with Crippen LogP contribution in [0.5, 0.6) is 0 Å². The number of nitrogens with zero attached hydrogens (tertiary/aromatic N) is 1. The molecule has 0 aromatic carbocycles. The molecule has 0 aromatic heterocycles. The zero-order chi connectivity index (χ0) is 8.65. The summed E-state index contributed by atoms with van der Waals surface area (Å²) >= 11 is 0. The molecule has 1 saturated heterocycles. The van der Waals surface area contributed by atoms with Crippen LogP contribution in [0.25, 0.3) is 0 Å². The fraction of sp³-hybridized carbons (Fsp3) is 1.00. The maximum absolute atomic E-state index is 13.1. The van der Waals surface area contributed by atoms with Crippen LogP contribution in [0.1, 0.15) is 27.7 Å². The van der Waals surface area contributed by atoms with Crippen LogP contribution in [-0.4, -0.2) is 29.7 Å². The summed E-state index contributed by atoms with van der Waals surface area (Å²) in [7, 11) is 0. The summed E-state index contributed by atoms with van der Waals surface area (Å²) in [5, 5.41) is 0. The molecule has 1 aliphatic heterocycles. The molecule has 1 aliphatic rings. The van der Waals surface area contributed by atoms with E-state index in [9.17, 15) is 4.39 Å². The third-order valence-corrected chi connectivity index (χ3v) is 2.47. The summed E-state index contributed by atoms with van der Waals surface area (Å²) in [6.07, 6.45) is -0.616. The Morgan fingerprint density at radius 3 is 2.00 bits per heavy atom. The van der Waals surface area contributed by atoms with Crippen LogP contribution in [0.2, 0.25) is 0 Å². The molecule has 0 aliphatic carbocycles. The first-order chi connectivity index (χ1) is 4.91. The molecular weight excluding hydrogens is 141 g/mol. The van der Waals surface area contributed by atoms with Gasteiger partial charge in [0.15, 0.2) is 0 Å². The van der Waals surface area contributed by atoms with Gasteiger partial charge in [0.2, 0.25) is 0 Å². The number of halogens is 1. The first-order valence-corrected chi connectivity index (χ1v) is 4.30. The molecule has 2 atom stereocenters. The molecule has 66 valence electrons. The van der Waals surface area contributed by atoms with Gasteiger partial charge in [-0.15, -0.1) is 0 Å². The van der Waals surface area contributed by atoms with E-state index in [1.807, 2.05) is 6.92 Å². The van der Waals surface area contributed by atoms with Gasteiger partial charge in [0.25, 0.3) is 0 Å². The Hall–Kier alpha value is -0.110. The van der Waals surface area contributed by atoms with Gasteiger partial charge in [0.05, 0.1) is 0 Å². The molecule has 1 heterocycles. The molecule has 0 saturated carbocycles. The molecule has 0 amide bonds. The number of hydrogen-bond acceptors (Lipinski definition) is 1. The Morgan fingerprint density at radius 2 is 1.82 bits per heavy atom. The number of likely N-dealkylation sites (tertiary alicyclic amines) is 1. The van der Waals surface area contributed by atoms with E-state index in [4.69, 9.17) is 0 Å². The topological polar surface area (TPSA) is 3.24 Å². The van der Waals surface area contributed by atoms with E-state index >= 15 is 0 Å². The third-order valence-electron chi connectivity index (χ3n) is 2.47. The van der Waals surface area contributed by atoms with Crippen molar-refractivity contribution in [2.24, 2.45) is 5.92 Å². The molecule has 11 heavy (non-hydrogen) atoms. The van der Waals surface area contributed by atoms with E-state index in [-0.39, 0.29) is 11.5 Å². The lowest BCUT2D eigenvalue weighted by molar-refractivity contribution is 0.160. The third kappa shape index (κ3) is 1.92. The van der Waals surface area contributed by atoms with Gasteiger partial charge >= 0.3 is 0 Å². The Kier molecular flexibility index (Phi) is 2.24. The number of hydrogen-bond donors (Lipinski definition) is 0. The van der Waals surface area contributed by atoms with Crippen LogP contribution in [0, 0.1) is 5.92 Å². The van der Waals surface area contributed by atoms with Crippen LogP contribution in [0.4, 0.5) is 4.39 Å². The van der Waals surface area contributed by atoms with E-state index < -0.39 is 6.17 Å². The van der Waals surface area contributed by atoms with Gasteiger partial charge in [-0.3, -0.25) is 4.90 Å². The lowest BCUT2D eigenvalue weighted by Crippen LogP contribution is -2.39. The monoisotopic (exact) mass is 159 g/mol. The van der Waals surface area contributed by atoms with E-state index in [2.05, 4.69) is 25.7 Å². The first kappa shape index (κ1) is 8.98. The lowest BCUT2D eigenvalue weighted by Gasteiger charge is -2.31. The molecule has 2 heteroatoms. The molecule has 1 nitrogen and oxygen atoms in total. The van der Waals surface area contributed by atoms with Gasteiger partial charge in [-0.2, -0.15) is 0 Å². The number of rotatable bonds is 0. The smallest absolute Gasteiger partial charge is 0.117 e. The average Bonchev–Trinajstić information content (AvgIpc) is 2.11. The van der Waals surface area contributed by atoms with Crippen LogP contribution in [0.15, 0.2) is 0 Å². The highest BCUT2D eigenvalue weighted by Crippen LogP contribution is 2.25. The summed E-state index contributed by atoms with van der Waals surface area (Å²) in [4.78, 5) is 2.21. The number of alkyl halides is 1. The fourth-order valence-corrected chi connectivity index (χ4v) is 1.47. The van der Waals surface area contributed by atoms with Crippen molar-refractivity contribution in [1.29, 1.82) is 0 Å². The van der Waals surface area contributed by atoms with E-state index in [0.29, 0.717) is 6.54 Å². The van der Waals surface area contributed by atoms with Crippen molar-refractivity contribution < 1.29 is 4.39 Å². The molecule has 1 fully saturated rings. The average molecular weight is 159 g/mol. The van der Waals surface area contributed by atoms with Crippen molar-refractivity contribution >= 4 is 0 Å². The van der Waals surface area contributed by atoms with E-state index in [1.54, 1.807) is 0 Å². The largest absolute Gasteiger partial charge is 0.295 e. The SMILES string of the molecule is C[C@H]1CN(C(C)(C)C)C[C@@H]1F. The van der Waals surface area contributed by atoms with Gasteiger partial charge in [-0.25, -0.2) is 4.39 Å². The summed E-state index contributed by atoms with van der Waals surface area (Å²) in [5.41, 5.74) is 0.134. The molecule has 0 spiro atoms. The maximum atomic E-state index is 13.1. The Balaban J connectivity index is 2.54. The van der Waals surface area contributed by atoms with Crippen LogP contribution in [0.3, 0.4) is 0 Å². The zero-order valence-electron chi connectivity index (χ0n) is 7.89. The van der Waals surface area contributed by atoms with Gasteiger partial charge in [0, 0.05) is 24.5 Å². The van der Waals surface area contributed by atoms with Crippen LogP contribution in [-0.2, 0) is 0 Å². The fourth-order valence-electron chi connectivity index (χ4n) is 1.47. The van der Waals surface area contributed by atoms with E-state index in [1.165, 1.54) is 0 Å². The van der Waals surface area contributed by atoms with Crippen molar-refractivity contribution in [3.63, 3.8) is 0 Å². The van der Waals surface area contributed by atoms with Crippen molar-refractivity contribution in [2.75, 3.05) is 13.1 Å². The van der Waals surface area contributed by atoms with Gasteiger partial charge in [-0.1, -0.05) is 6.92 Å². The lowest BCUT2D eigenvalue weighted by atomic mass is 10.1. The summed E-state index contributed by atoms with van der Waals surface area (Å²) in [5.74, 6) is 0.217. The minimum atomic E-state index is -0.616. The van der Waals surface area contributed by atoms with Crippen LogP contribution >= 0.6 is 0 Å². The van der Waals surface area contributed by atoms with Crippen molar-refractivity contribution in [3.8, 4) is 0 Å². The minimum absolute atomic E-state index is 0.134. The van der Waals surface area contributed by atoms with Crippen molar-refractivity contribution in [1.82, 2.24) is 4.90 Å². The summed E-state index contributed by atoms with van der Waals surface area (Å²) in [6, 6.07) is 0. The van der Waals surface area contributed by atoms with Gasteiger partial charge < -0.3 is 0 Å². The molecule has 0 bridgehead atoms. The highest BCUT2D eigenvalue weighted by molar-refractivity contribution is 4.88. The maximum Gasteiger partial charge on any atom is 0.117 e. The predicted octanol–water partition coefficient (Wildman–Crippen LogP) is 2.07. The molecule has 0 aromatic rings. The highest BCUT2D eigenvalue weighted by Gasteiger charge is 2.34. The minimum Gasteiger partial charge on any atom is -0.295 e. The predicted molar refractivity (Wildman–Crippen MR) is 45.4 cm³/mol. The summed E-state index contributed by atoms with van der Waals surface area (Å²) in [6.45, 7) is 9.92. The molecule has 1 rings (SSSR count). The highest BCUT2D eigenvalue weighted by atomic mass is 19.1. The molecule has 0 radical (unpaired) electrons. The van der Waals surface area contributed by atoms with Gasteiger partial charge in [-0.05, 0) is 20.8 Å². The zero-order valence-corrected chi connectivity index (χ0v) is 7.89. The molecular formula is C9H18FN. The molecule has 0 unspecified atom stereocenters. The quantitative estimate of drug-likeness (QED) is 0.523. The van der Waals surface area contributed by atoms with E-state index in [0.717, 1.165) is 6.54 Å². The Labute approximate surface area is 68.6 Å². The second kappa shape index (κ2) is 2.74. The van der Waals surface area contributed by atoms with Crippen molar-refractivity contribution in [2.45, 2.75) is 39.4 Å². The first-order valence-electron chi connectivity index (χ1n) is 4.30. The summed E-state index contributed by atoms with van der Waals surface area (Å²) < 4.78 is 13.1. The normalized spacial score (nSPS) is 34.6. The van der Waals surface area contributed by atoms with Crippen molar-refractivity contribution in [3.05, 3.63) is 0 Å². The molecule has 0 N–H and O–H groups in total. The van der Waals surface area contributed by atoms with Gasteiger partial charge in [0.1, 0.15) is 6.17 Å². The Morgan fingerprint density at radius 1 is 1.27 bits per heavy atom.